The zero-order chi connectivity index (χ0) is 15.4. The molecule has 0 atom stereocenters. The van der Waals surface area contributed by atoms with Crippen LogP contribution in [-0.2, 0) is 0 Å². The third-order valence-electron chi connectivity index (χ3n) is 4.32. The predicted octanol–water partition coefficient (Wildman–Crippen LogP) is 4.71. The van der Waals surface area contributed by atoms with E-state index in [1.807, 2.05) is 0 Å². The maximum atomic E-state index is 2.93. The second-order valence-corrected chi connectivity index (χ2v) is 19.5. The van der Waals surface area contributed by atoms with Crippen LogP contribution in [0.1, 0.15) is 69.2 Å². The molecule has 0 fully saturated rings. The first-order valence-electron chi connectivity index (χ1n) is 8.22. The summed E-state index contributed by atoms with van der Waals surface area (Å²) < 4.78 is 8.62. The van der Waals surface area contributed by atoms with Crippen LogP contribution >= 0.6 is 0 Å². The van der Waals surface area contributed by atoms with Crippen molar-refractivity contribution in [1.29, 1.82) is 0 Å². The zero-order valence-electron chi connectivity index (χ0n) is 15.1. The Morgan fingerprint density at radius 2 is 0.789 bits per heavy atom. The van der Waals surface area contributed by atoms with E-state index in [-0.39, 0.29) is 0 Å². The Labute approximate surface area is 127 Å². The fraction of sp³-hybridized carbons (Fsp3) is 1.00. The van der Waals surface area contributed by atoms with E-state index in [4.69, 9.17) is 0 Å². The van der Waals surface area contributed by atoms with Crippen LogP contribution in [0.25, 0.3) is 0 Å². The molecular formula is C16H38N2Sn. The third-order valence-corrected chi connectivity index (χ3v) is 22.2. The summed E-state index contributed by atoms with van der Waals surface area (Å²) >= 11 is -2.49. The second kappa shape index (κ2) is 8.23. The normalized spacial score (nSPS) is 13.9. The summed E-state index contributed by atoms with van der Waals surface area (Å²) in [5.74, 6) is 0. The summed E-state index contributed by atoms with van der Waals surface area (Å²) in [4.78, 5) is 0. The van der Waals surface area contributed by atoms with E-state index < -0.39 is 18.9 Å². The van der Waals surface area contributed by atoms with Crippen molar-refractivity contribution >= 4 is 18.9 Å². The molecule has 0 bridgehead atoms. The minimum atomic E-state index is -2.49. The zero-order valence-corrected chi connectivity index (χ0v) is 18.0. The molecule has 0 aliphatic carbocycles. The molecule has 0 radical (unpaired) electrons. The molecule has 0 saturated heterocycles. The number of rotatable bonds is 8. The molecule has 3 heteroatoms. The molecule has 0 aromatic rings. The Hall–Kier alpha value is 0.719. The van der Waals surface area contributed by atoms with E-state index in [9.17, 15) is 0 Å². The molecule has 0 amide bonds. The van der Waals surface area contributed by atoms with Gasteiger partial charge < -0.3 is 0 Å². The van der Waals surface area contributed by atoms with Gasteiger partial charge in [0.1, 0.15) is 0 Å². The van der Waals surface area contributed by atoms with Gasteiger partial charge in [-0.1, -0.05) is 0 Å². The summed E-state index contributed by atoms with van der Waals surface area (Å²) in [6, 6.07) is 2.65. The maximum absolute atomic E-state index is 2.93. The van der Waals surface area contributed by atoms with Crippen molar-refractivity contribution in [3.8, 4) is 0 Å². The van der Waals surface area contributed by atoms with E-state index in [0.29, 0.717) is 24.2 Å². The standard InChI is InChI=1S/2C6H14N.2C2H5.Sn/c2*1-5(2)7-6(3)4;2*1-2;/h2*5-6H,1-4H3;2*1H2,2H3;/q2*-1;;;+2. The molecule has 0 heterocycles. The van der Waals surface area contributed by atoms with Gasteiger partial charge in [-0.3, -0.25) is 0 Å². The van der Waals surface area contributed by atoms with Crippen molar-refractivity contribution in [2.75, 3.05) is 0 Å². The van der Waals surface area contributed by atoms with Crippen LogP contribution in [-0.4, -0.2) is 49.3 Å². The Kier molecular flexibility index (Phi) is 8.54. The molecular weight excluding hydrogens is 339 g/mol. The fourth-order valence-electron chi connectivity index (χ4n) is 4.23. The summed E-state index contributed by atoms with van der Waals surface area (Å²) in [5, 5.41) is 0. The molecule has 0 aliphatic heterocycles. The number of hydrogen-bond acceptors (Lipinski definition) is 2. The molecule has 0 aromatic heterocycles. The van der Waals surface area contributed by atoms with Crippen molar-refractivity contribution < 1.29 is 0 Å². The van der Waals surface area contributed by atoms with E-state index in [1.54, 1.807) is 0 Å². The van der Waals surface area contributed by atoms with Gasteiger partial charge in [0.05, 0.1) is 0 Å². The Morgan fingerprint density at radius 1 is 0.579 bits per heavy atom. The molecule has 19 heavy (non-hydrogen) atoms. The van der Waals surface area contributed by atoms with Gasteiger partial charge in [0, 0.05) is 0 Å². The SMILES string of the molecule is C[CH2][Sn]([CH2]C)([N](C(C)C)C(C)C)[N](C(C)C)C(C)C. The predicted molar refractivity (Wildman–Crippen MR) is 90.9 cm³/mol. The van der Waals surface area contributed by atoms with Crippen LogP contribution in [0.3, 0.4) is 0 Å². The van der Waals surface area contributed by atoms with Crippen molar-refractivity contribution in [2.24, 2.45) is 0 Å². The molecule has 2 nitrogen and oxygen atoms in total. The van der Waals surface area contributed by atoms with E-state index in [0.717, 1.165) is 0 Å². The number of nitrogens with zero attached hydrogens (tertiary/aromatic N) is 2. The van der Waals surface area contributed by atoms with Gasteiger partial charge in [0.25, 0.3) is 0 Å². The van der Waals surface area contributed by atoms with Gasteiger partial charge in [-0.2, -0.15) is 0 Å². The Bertz CT molecular complexity index is 207. The fourth-order valence-corrected chi connectivity index (χ4v) is 21.6. The van der Waals surface area contributed by atoms with Crippen molar-refractivity contribution in [1.82, 2.24) is 6.24 Å². The first-order valence-corrected chi connectivity index (χ1v) is 14.8. The molecule has 0 saturated carbocycles. The minimum absolute atomic E-state index is 0.663. The van der Waals surface area contributed by atoms with Gasteiger partial charge in [-0.05, 0) is 0 Å². The van der Waals surface area contributed by atoms with Crippen LogP contribution < -0.4 is 0 Å². The average Bonchev–Trinajstić information content (AvgIpc) is 2.25. The summed E-state index contributed by atoms with van der Waals surface area (Å²) in [5.41, 5.74) is 0. The molecule has 0 unspecified atom stereocenters. The molecule has 0 spiro atoms. The van der Waals surface area contributed by atoms with Crippen LogP contribution in [0, 0.1) is 0 Å². The summed E-state index contributed by atoms with van der Waals surface area (Å²) in [6.45, 7) is 24.0. The Morgan fingerprint density at radius 3 is 0.895 bits per heavy atom. The van der Waals surface area contributed by atoms with E-state index in [1.165, 1.54) is 8.87 Å². The first kappa shape index (κ1) is 19.7. The molecule has 0 aliphatic rings. The van der Waals surface area contributed by atoms with Gasteiger partial charge >= 0.3 is 127 Å². The quantitative estimate of drug-likeness (QED) is 0.566. The molecule has 116 valence electrons. The van der Waals surface area contributed by atoms with Crippen molar-refractivity contribution in [2.45, 2.75) is 102 Å². The third kappa shape index (κ3) is 4.34. The summed E-state index contributed by atoms with van der Waals surface area (Å²) in [6.07, 6.45) is 0. The topological polar surface area (TPSA) is 6.48 Å². The first-order chi connectivity index (χ1) is 8.65. The van der Waals surface area contributed by atoms with Crippen molar-refractivity contribution in [3.05, 3.63) is 0 Å². The van der Waals surface area contributed by atoms with Gasteiger partial charge in [0.15, 0.2) is 0 Å². The van der Waals surface area contributed by atoms with Crippen LogP contribution in [0.15, 0.2) is 0 Å². The molecule has 0 rings (SSSR count). The summed E-state index contributed by atoms with van der Waals surface area (Å²) in [7, 11) is 0. The molecule has 0 N–H and O–H groups in total. The van der Waals surface area contributed by atoms with Gasteiger partial charge in [0.2, 0.25) is 0 Å². The number of hydrogen-bond donors (Lipinski definition) is 0. The van der Waals surface area contributed by atoms with Crippen LogP contribution in [0.5, 0.6) is 0 Å². The second-order valence-electron chi connectivity index (χ2n) is 6.88. The van der Waals surface area contributed by atoms with Gasteiger partial charge in [-0.25, -0.2) is 0 Å². The van der Waals surface area contributed by atoms with Crippen LogP contribution in [0.4, 0.5) is 0 Å². The monoisotopic (exact) mass is 378 g/mol. The van der Waals surface area contributed by atoms with Crippen molar-refractivity contribution in [3.63, 3.8) is 0 Å². The van der Waals surface area contributed by atoms with Crippen LogP contribution in [0.2, 0.25) is 8.87 Å². The Balaban J connectivity index is 5.78. The van der Waals surface area contributed by atoms with E-state index >= 15 is 0 Å². The molecule has 0 aromatic carbocycles. The average molecular weight is 377 g/mol. The van der Waals surface area contributed by atoms with Gasteiger partial charge in [-0.15, -0.1) is 0 Å². The van der Waals surface area contributed by atoms with E-state index in [2.05, 4.69) is 75.5 Å².